The number of rotatable bonds is 4. The van der Waals surface area contributed by atoms with Gasteiger partial charge in [0.25, 0.3) is 5.91 Å². The second-order valence-electron chi connectivity index (χ2n) is 5.88. The topological polar surface area (TPSA) is 64.4 Å². The number of hydrogen-bond donors (Lipinski definition) is 2. The molecule has 1 aliphatic heterocycles. The quantitative estimate of drug-likeness (QED) is 0.831. The maximum Gasteiger partial charge on any atom is 0.251 e. The Kier molecular flexibility index (Phi) is 5.01. The summed E-state index contributed by atoms with van der Waals surface area (Å²) in [7, 11) is 0. The van der Waals surface area contributed by atoms with Crippen LogP contribution in [0, 0.1) is 5.92 Å². The summed E-state index contributed by atoms with van der Waals surface area (Å²) >= 11 is 0. The van der Waals surface area contributed by atoms with E-state index in [1.807, 2.05) is 12.1 Å². The summed E-state index contributed by atoms with van der Waals surface area (Å²) in [6, 6.07) is 5.70. The molecule has 0 unspecified atom stereocenters. The molecule has 3 N–H and O–H groups in total. The second-order valence-corrected chi connectivity index (χ2v) is 5.88. The van der Waals surface area contributed by atoms with E-state index in [-0.39, 0.29) is 5.91 Å². The third kappa shape index (κ3) is 3.97. The van der Waals surface area contributed by atoms with Crippen molar-refractivity contribution in [2.24, 2.45) is 5.92 Å². The Hall–Kier alpha value is -1.55. The lowest BCUT2D eigenvalue weighted by molar-refractivity contribution is 0.0853. The van der Waals surface area contributed by atoms with Gasteiger partial charge in [0.05, 0.1) is 0 Å². The van der Waals surface area contributed by atoms with Crippen LogP contribution in [0.25, 0.3) is 0 Å². The van der Waals surface area contributed by atoms with Crippen LogP contribution in [0.3, 0.4) is 0 Å². The lowest BCUT2D eigenvalue weighted by Gasteiger charge is -2.23. The number of nitrogen functional groups attached to an aromatic ring is 1. The number of nitrogens with two attached hydrogens (primary N) is 1. The standard InChI is InChI=1S/C16H24N2O2/c1-11(2)10-18-16(19)14-7-13(8-15(17)9-14)12-3-5-20-6-4-12/h7-9,11-12H,3-6,10,17H2,1-2H3,(H,18,19). The van der Waals surface area contributed by atoms with Gasteiger partial charge in [-0.2, -0.15) is 0 Å². The summed E-state index contributed by atoms with van der Waals surface area (Å²) < 4.78 is 5.38. The Balaban J connectivity index is 2.13. The lowest BCUT2D eigenvalue weighted by Crippen LogP contribution is -2.27. The fraction of sp³-hybridized carbons (Fsp3) is 0.562. The summed E-state index contributed by atoms with van der Waals surface area (Å²) in [6.45, 7) is 6.41. The van der Waals surface area contributed by atoms with Crippen LogP contribution >= 0.6 is 0 Å². The molecule has 0 aliphatic carbocycles. The number of benzene rings is 1. The predicted octanol–water partition coefficient (Wildman–Crippen LogP) is 2.55. The molecule has 0 radical (unpaired) electrons. The molecule has 110 valence electrons. The highest BCUT2D eigenvalue weighted by Crippen LogP contribution is 2.29. The van der Waals surface area contributed by atoms with Gasteiger partial charge in [-0.1, -0.05) is 13.8 Å². The van der Waals surface area contributed by atoms with Gasteiger partial charge >= 0.3 is 0 Å². The van der Waals surface area contributed by atoms with Crippen LogP contribution in [-0.2, 0) is 4.74 Å². The molecule has 1 fully saturated rings. The van der Waals surface area contributed by atoms with Gasteiger partial charge in [0.1, 0.15) is 0 Å². The van der Waals surface area contributed by atoms with Crippen molar-refractivity contribution in [3.8, 4) is 0 Å². The minimum Gasteiger partial charge on any atom is -0.399 e. The molecule has 1 aromatic carbocycles. The van der Waals surface area contributed by atoms with Crippen molar-refractivity contribution in [3.63, 3.8) is 0 Å². The third-order valence-corrected chi connectivity index (χ3v) is 3.60. The Morgan fingerprint density at radius 1 is 1.35 bits per heavy atom. The predicted molar refractivity (Wildman–Crippen MR) is 80.8 cm³/mol. The zero-order valence-corrected chi connectivity index (χ0v) is 12.3. The van der Waals surface area contributed by atoms with Gasteiger partial charge in [0, 0.05) is 31.0 Å². The smallest absolute Gasteiger partial charge is 0.251 e. The first-order valence-corrected chi connectivity index (χ1v) is 7.32. The summed E-state index contributed by atoms with van der Waals surface area (Å²) in [5.74, 6) is 0.846. The number of amides is 1. The Morgan fingerprint density at radius 3 is 2.70 bits per heavy atom. The van der Waals surface area contributed by atoms with Crippen LogP contribution in [-0.4, -0.2) is 25.7 Å². The van der Waals surface area contributed by atoms with Crippen molar-refractivity contribution in [2.75, 3.05) is 25.5 Å². The van der Waals surface area contributed by atoms with Crippen LogP contribution in [0.2, 0.25) is 0 Å². The average Bonchev–Trinajstić information content (AvgIpc) is 2.45. The highest BCUT2D eigenvalue weighted by molar-refractivity contribution is 5.95. The van der Waals surface area contributed by atoms with Crippen LogP contribution in [0.4, 0.5) is 5.69 Å². The van der Waals surface area contributed by atoms with E-state index in [1.54, 1.807) is 6.07 Å². The fourth-order valence-corrected chi connectivity index (χ4v) is 2.47. The highest BCUT2D eigenvalue weighted by Gasteiger charge is 2.18. The van der Waals surface area contributed by atoms with Crippen LogP contribution in [0.5, 0.6) is 0 Å². The summed E-state index contributed by atoms with van der Waals surface area (Å²) in [5.41, 5.74) is 8.42. The van der Waals surface area contributed by atoms with Gasteiger partial charge < -0.3 is 15.8 Å². The van der Waals surface area contributed by atoms with E-state index in [4.69, 9.17) is 10.5 Å². The van der Waals surface area contributed by atoms with E-state index in [2.05, 4.69) is 19.2 Å². The Labute approximate surface area is 120 Å². The molecule has 1 heterocycles. The molecule has 2 rings (SSSR count). The zero-order chi connectivity index (χ0) is 14.5. The summed E-state index contributed by atoms with van der Waals surface area (Å²) in [6.07, 6.45) is 1.99. The summed E-state index contributed by atoms with van der Waals surface area (Å²) in [5, 5.41) is 2.94. The Morgan fingerprint density at radius 2 is 2.05 bits per heavy atom. The molecule has 1 amide bonds. The molecule has 0 aromatic heterocycles. The van der Waals surface area contributed by atoms with Crippen molar-refractivity contribution >= 4 is 11.6 Å². The van der Waals surface area contributed by atoms with E-state index in [1.165, 1.54) is 0 Å². The number of hydrogen-bond acceptors (Lipinski definition) is 3. The van der Waals surface area contributed by atoms with Crippen molar-refractivity contribution in [1.82, 2.24) is 5.32 Å². The molecule has 0 bridgehead atoms. The third-order valence-electron chi connectivity index (χ3n) is 3.60. The first-order chi connectivity index (χ1) is 9.56. The number of anilines is 1. The van der Waals surface area contributed by atoms with Gasteiger partial charge in [-0.3, -0.25) is 4.79 Å². The van der Waals surface area contributed by atoms with Crippen LogP contribution < -0.4 is 11.1 Å². The molecule has 1 aliphatic rings. The van der Waals surface area contributed by atoms with Crippen molar-refractivity contribution < 1.29 is 9.53 Å². The minimum absolute atomic E-state index is 0.0423. The normalized spacial score (nSPS) is 16.4. The van der Waals surface area contributed by atoms with Gasteiger partial charge in [-0.25, -0.2) is 0 Å². The number of nitrogens with one attached hydrogen (secondary N) is 1. The van der Waals surface area contributed by atoms with E-state index >= 15 is 0 Å². The molecular weight excluding hydrogens is 252 g/mol. The molecule has 0 atom stereocenters. The highest BCUT2D eigenvalue weighted by atomic mass is 16.5. The first kappa shape index (κ1) is 14.9. The van der Waals surface area contributed by atoms with E-state index in [0.717, 1.165) is 31.6 Å². The minimum atomic E-state index is -0.0423. The maximum atomic E-state index is 12.1. The average molecular weight is 276 g/mol. The van der Waals surface area contributed by atoms with E-state index < -0.39 is 0 Å². The van der Waals surface area contributed by atoms with Gasteiger partial charge in [-0.05, 0) is 48.4 Å². The van der Waals surface area contributed by atoms with Crippen molar-refractivity contribution in [2.45, 2.75) is 32.6 Å². The molecule has 1 aromatic rings. The first-order valence-electron chi connectivity index (χ1n) is 7.32. The summed E-state index contributed by atoms with van der Waals surface area (Å²) in [4.78, 5) is 12.1. The molecule has 20 heavy (non-hydrogen) atoms. The molecule has 0 spiro atoms. The van der Waals surface area contributed by atoms with Crippen LogP contribution in [0.15, 0.2) is 18.2 Å². The monoisotopic (exact) mass is 276 g/mol. The SMILES string of the molecule is CC(C)CNC(=O)c1cc(N)cc(C2CCOCC2)c1. The molecular formula is C16H24N2O2. The lowest BCUT2D eigenvalue weighted by atomic mass is 9.90. The molecule has 0 saturated carbocycles. The van der Waals surface area contributed by atoms with Gasteiger partial charge in [0.15, 0.2) is 0 Å². The second kappa shape index (κ2) is 6.75. The number of carbonyl (C=O) groups is 1. The van der Waals surface area contributed by atoms with Crippen molar-refractivity contribution in [3.05, 3.63) is 29.3 Å². The number of ether oxygens (including phenoxy) is 1. The van der Waals surface area contributed by atoms with Gasteiger partial charge in [-0.15, -0.1) is 0 Å². The fourth-order valence-electron chi connectivity index (χ4n) is 2.47. The molecule has 4 nitrogen and oxygen atoms in total. The van der Waals surface area contributed by atoms with E-state index in [0.29, 0.717) is 29.6 Å². The Bertz CT molecular complexity index is 466. The van der Waals surface area contributed by atoms with Crippen molar-refractivity contribution in [1.29, 1.82) is 0 Å². The number of carbonyl (C=O) groups excluding carboxylic acids is 1. The molecule has 4 heteroatoms. The van der Waals surface area contributed by atoms with E-state index in [9.17, 15) is 4.79 Å². The van der Waals surface area contributed by atoms with Gasteiger partial charge in [0.2, 0.25) is 0 Å². The molecule has 1 saturated heterocycles. The zero-order valence-electron chi connectivity index (χ0n) is 12.3. The largest absolute Gasteiger partial charge is 0.399 e. The maximum absolute atomic E-state index is 12.1. The van der Waals surface area contributed by atoms with Crippen LogP contribution in [0.1, 0.15) is 48.5 Å².